The van der Waals surface area contributed by atoms with Crippen molar-refractivity contribution >= 4 is 5.97 Å². The van der Waals surface area contributed by atoms with Crippen molar-refractivity contribution in [3.8, 4) is 0 Å². The molecule has 0 aliphatic carbocycles. The molecule has 0 amide bonds. The fourth-order valence-corrected chi connectivity index (χ4v) is 2.33. The Hall–Kier alpha value is -1.39. The van der Waals surface area contributed by atoms with Gasteiger partial charge < -0.3 is 14.2 Å². The van der Waals surface area contributed by atoms with Gasteiger partial charge in [-0.2, -0.15) is 0 Å². The summed E-state index contributed by atoms with van der Waals surface area (Å²) in [4.78, 5) is 11.9. The number of rotatable bonds is 2. The highest BCUT2D eigenvalue weighted by atomic mass is 16.7. The molecule has 2 saturated heterocycles. The highest BCUT2D eigenvalue weighted by molar-refractivity contribution is 5.89. The third-order valence-corrected chi connectivity index (χ3v) is 3.25. The molecule has 17 heavy (non-hydrogen) atoms. The van der Waals surface area contributed by atoms with E-state index in [9.17, 15) is 4.79 Å². The maximum Gasteiger partial charge on any atom is 0.338 e. The minimum absolute atomic E-state index is 0.171. The van der Waals surface area contributed by atoms with E-state index in [-0.39, 0.29) is 24.3 Å². The van der Waals surface area contributed by atoms with Gasteiger partial charge in [-0.1, -0.05) is 18.2 Å². The maximum atomic E-state index is 11.9. The number of carbonyl (C=O) groups excluding carboxylic acids is 1. The Kier molecular flexibility index (Phi) is 2.82. The number of esters is 1. The molecule has 2 aliphatic heterocycles. The van der Waals surface area contributed by atoms with Crippen molar-refractivity contribution < 1.29 is 19.0 Å². The number of hydrogen-bond acceptors (Lipinski definition) is 4. The number of fused-ring (bicyclic) bond motifs is 1. The normalized spacial score (nSPS) is 31.2. The van der Waals surface area contributed by atoms with E-state index >= 15 is 0 Å². The van der Waals surface area contributed by atoms with E-state index in [0.717, 1.165) is 6.42 Å². The first-order valence-electron chi connectivity index (χ1n) is 5.84. The van der Waals surface area contributed by atoms with E-state index in [2.05, 4.69) is 0 Å². The van der Waals surface area contributed by atoms with Gasteiger partial charge in [-0.15, -0.1) is 0 Å². The minimum Gasteiger partial charge on any atom is -0.456 e. The van der Waals surface area contributed by atoms with Gasteiger partial charge in [0.05, 0.1) is 24.7 Å². The lowest BCUT2D eigenvalue weighted by Crippen LogP contribution is -2.26. The van der Waals surface area contributed by atoms with Crippen LogP contribution in [0.1, 0.15) is 16.8 Å². The lowest BCUT2D eigenvalue weighted by molar-refractivity contribution is -0.0907. The summed E-state index contributed by atoms with van der Waals surface area (Å²) in [6, 6.07) is 9.02. The highest BCUT2D eigenvalue weighted by Gasteiger charge is 2.43. The highest BCUT2D eigenvalue weighted by Crippen LogP contribution is 2.33. The van der Waals surface area contributed by atoms with Crippen molar-refractivity contribution in [3.05, 3.63) is 35.9 Å². The molecular formula is C13H14O4. The van der Waals surface area contributed by atoms with E-state index in [1.54, 1.807) is 12.1 Å². The third kappa shape index (κ3) is 2.06. The molecule has 2 fully saturated rings. The van der Waals surface area contributed by atoms with Crippen LogP contribution in [0.5, 0.6) is 0 Å². The quantitative estimate of drug-likeness (QED) is 0.729. The van der Waals surface area contributed by atoms with E-state index < -0.39 is 0 Å². The van der Waals surface area contributed by atoms with Crippen molar-refractivity contribution in [1.82, 2.24) is 0 Å². The summed E-state index contributed by atoms with van der Waals surface area (Å²) in [5.41, 5.74) is 0.579. The fourth-order valence-electron chi connectivity index (χ4n) is 2.33. The smallest absolute Gasteiger partial charge is 0.338 e. The van der Waals surface area contributed by atoms with Gasteiger partial charge in [0.25, 0.3) is 0 Å². The van der Waals surface area contributed by atoms with E-state index in [1.807, 2.05) is 18.2 Å². The van der Waals surface area contributed by atoms with Gasteiger partial charge in [0, 0.05) is 0 Å². The Bertz CT molecular complexity index is 403. The number of benzene rings is 1. The van der Waals surface area contributed by atoms with E-state index in [4.69, 9.17) is 14.2 Å². The molecule has 0 saturated carbocycles. The summed E-state index contributed by atoms with van der Waals surface area (Å²) < 4.78 is 16.3. The van der Waals surface area contributed by atoms with Crippen molar-refractivity contribution in [2.45, 2.75) is 18.8 Å². The van der Waals surface area contributed by atoms with Gasteiger partial charge in [0.2, 0.25) is 0 Å². The Balaban J connectivity index is 1.66. The zero-order valence-electron chi connectivity index (χ0n) is 9.37. The largest absolute Gasteiger partial charge is 0.456 e. The summed E-state index contributed by atoms with van der Waals surface area (Å²) in [5.74, 6) is -0.0885. The fraction of sp³-hybridized carbons (Fsp3) is 0.462. The SMILES string of the molecule is O=C(OC1COC2OCCC12)c1ccccc1. The summed E-state index contributed by atoms with van der Waals surface area (Å²) in [6.07, 6.45) is 0.552. The van der Waals surface area contributed by atoms with Crippen LogP contribution >= 0.6 is 0 Å². The topological polar surface area (TPSA) is 44.8 Å². The molecule has 0 aromatic heterocycles. The van der Waals surface area contributed by atoms with E-state index in [0.29, 0.717) is 18.8 Å². The summed E-state index contributed by atoms with van der Waals surface area (Å²) in [7, 11) is 0. The van der Waals surface area contributed by atoms with Crippen LogP contribution in [-0.4, -0.2) is 31.6 Å². The average Bonchev–Trinajstić information content (AvgIpc) is 2.95. The maximum absolute atomic E-state index is 11.9. The first-order chi connectivity index (χ1) is 8.34. The van der Waals surface area contributed by atoms with Crippen molar-refractivity contribution in [2.75, 3.05) is 13.2 Å². The molecular weight excluding hydrogens is 220 g/mol. The molecule has 0 N–H and O–H groups in total. The Morgan fingerprint density at radius 3 is 2.88 bits per heavy atom. The second kappa shape index (κ2) is 4.47. The number of carbonyl (C=O) groups is 1. The monoisotopic (exact) mass is 234 g/mol. The average molecular weight is 234 g/mol. The molecule has 90 valence electrons. The standard InChI is InChI=1S/C13H14O4/c14-12(9-4-2-1-3-5-9)17-11-8-16-13-10(11)6-7-15-13/h1-5,10-11,13H,6-8H2. The van der Waals surface area contributed by atoms with Crippen LogP contribution in [0.15, 0.2) is 30.3 Å². The zero-order valence-corrected chi connectivity index (χ0v) is 9.37. The van der Waals surface area contributed by atoms with Gasteiger partial charge in [-0.25, -0.2) is 4.79 Å². The molecule has 4 nitrogen and oxygen atoms in total. The van der Waals surface area contributed by atoms with Gasteiger partial charge in [-0.05, 0) is 18.6 Å². The zero-order chi connectivity index (χ0) is 11.7. The van der Waals surface area contributed by atoms with Gasteiger partial charge in [0.1, 0.15) is 6.10 Å². The van der Waals surface area contributed by atoms with Crippen LogP contribution in [0.4, 0.5) is 0 Å². The van der Waals surface area contributed by atoms with Gasteiger partial charge >= 0.3 is 5.97 Å². The first-order valence-corrected chi connectivity index (χ1v) is 5.84. The third-order valence-electron chi connectivity index (χ3n) is 3.25. The first kappa shape index (κ1) is 10.7. The second-order valence-corrected chi connectivity index (χ2v) is 4.33. The second-order valence-electron chi connectivity index (χ2n) is 4.33. The molecule has 1 aromatic carbocycles. The molecule has 0 radical (unpaired) electrons. The van der Waals surface area contributed by atoms with Crippen LogP contribution in [-0.2, 0) is 14.2 Å². The number of ether oxygens (including phenoxy) is 3. The molecule has 3 atom stereocenters. The molecule has 3 unspecified atom stereocenters. The van der Waals surface area contributed by atoms with Crippen molar-refractivity contribution in [2.24, 2.45) is 5.92 Å². The van der Waals surface area contributed by atoms with E-state index in [1.165, 1.54) is 0 Å². The molecule has 4 heteroatoms. The Morgan fingerprint density at radius 2 is 2.06 bits per heavy atom. The predicted molar refractivity (Wildman–Crippen MR) is 59.4 cm³/mol. The lowest BCUT2D eigenvalue weighted by atomic mass is 10.0. The molecule has 1 aromatic rings. The summed E-state index contributed by atoms with van der Waals surface area (Å²) in [6.45, 7) is 1.13. The van der Waals surface area contributed by atoms with Crippen LogP contribution < -0.4 is 0 Å². The summed E-state index contributed by atoms with van der Waals surface area (Å²) >= 11 is 0. The Labute approximate surface area is 99.5 Å². The van der Waals surface area contributed by atoms with Crippen LogP contribution in [0.2, 0.25) is 0 Å². The van der Waals surface area contributed by atoms with Crippen LogP contribution in [0.25, 0.3) is 0 Å². The van der Waals surface area contributed by atoms with Crippen LogP contribution in [0, 0.1) is 5.92 Å². The van der Waals surface area contributed by atoms with Gasteiger partial charge in [-0.3, -0.25) is 0 Å². The van der Waals surface area contributed by atoms with Crippen molar-refractivity contribution in [1.29, 1.82) is 0 Å². The molecule has 0 bridgehead atoms. The van der Waals surface area contributed by atoms with Gasteiger partial charge in [0.15, 0.2) is 6.29 Å². The van der Waals surface area contributed by atoms with Crippen molar-refractivity contribution in [3.63, 3.8) is 0 Å². The Morgan fingerprint density at radius 1 is 1.24 bits per heavy atom. The number of hydrogen-bond donors (Lipinski definition) is 0. The summed E-state index contributed by atoms with van der Waals surface area (Å²) in [5, 5.41) is 0. The van der Waals surface area contributed by atoms with Crippen LogP contribution in [0.3, 0.4) is 0 Å². The minimum atomic E-state index is -0.285. The molecule has 3 rings (SSSR count). The molecule has 2 heterocycles. The predicted octanol–water partition coefficient (Wildman–Crippen LogP) is 1.60. The lowest BCUT2D eigenvalue weighted by Gasteiger charge is -2.15. The molecule has 2 aliphatic rings. The molecule has 0 spiro atoms.